The smallest absolute Gasteiger partial charge is 0.249 e. The molecule has 4 aliphatic heterocycles. The average Bonchev–Trinajstić information content (AvgIpc) is 3.22. The number of anilines is 1. The van der Waals surface area contributed by atoms with E-state index in [1.54, 1.807) is 9.80 Å². The van der Waals surface area contributed by atoms with Gasteiger partial charge in [0.05, 0.1) is 24.0 Å². The lowest BCUT2D eigenvalue weighted by atomic mass is 9.74. The molecule has 3 amide bonds. The number of likely N-dealkylation sites (tertiary alicyclic amines) is 1. The topological polar surface area (TPSA) is 99.6 Å². The van der Waals surface area contributed by atoms with Crippen molar-refractivity contribution >= 4 is 23.4 Å². The zero-order valence-corrected chi connectivity index (χ0v) is 24.5. The Balaban J connectivity index is 1.53. The van der Waals surface area contributed by atoms with Crippen LogP contribution in [0.2, 0.25) is 0 Å². The van der Waals surface area contributed by atoms with Gasteiger partial charge in [0.2, 0.25) is 17.7 Å². The van der Waals surface area contributed by atoms with Gasteiger partial charge in [-0.3, -0.25) is 14.4 Å². The molecule has 1 aromatic carbocycles. The van der Waals surface area contributed by atoms with Gasteiger partial charge in [-0.2, -0.15) is 0 Å². The van der Waals surface area contributed by atoms with Crippen molar-refractivity contribution in [3.8, 4) is 5.75 Å². The number of aliphatic hydroxyl groups is 1. The van der Waals surface area contributed by atoms with Crippen LogP contribution in [0.25, 0.3) is 0 Å². The van der Waals surface area contributed by atoms with Gasteiger partial charge in [-0.05, 0) is 57.4 Å². The van der Waals surface area contributed by atoms with Crippen molar-refractivity contribution in [3.63, 3.8) is 0 Å². The quantitative estimate of drug-likeness (QED) is 0.327. The molecule has 222 valence electrons. The first-order valence-corrected chi connectivity index (χ1v) is 15.1. The summed E-state index contributed by atoms with van der Waals surface area (Å²) in [6.45, 7) is 8.19. The molecule has 41 heavy (non-hydrogen) atoms. The number of nitrogens with zero attached hydrogens (tertiary/aromatic N) is 3. The Bertz CT molecular complexity index is 1200. The van der Waals surface area contributed by atoms with E-state index in [9.17, 15) is 19.5 Å². The molecule has 2 fully saturated rings. The summed E-state index contributed by atoms with van der Waals surface area (Å²) in [7, 11) is 0. The summed E-state index contributed by atoms with van der Waals surface area (Å²) in [6, 6.07) is 6.53. The number of amides is 3. The highest BCUT2D eigenvalue weighted by atomic mass is 16.5. The van der Waals surface area contributed by atoms with Crippen molar-refractivity contribution in [3.05, 3.63) is 48.6 Å². The number of rotatable bonds is 11. The maximum atomic E-state index is 14.4. The molecule has 5 atom stereocenters. The van der Waals surface area contributed by atoms with Gasteiger partial charge in [0.15, 0.2) is 0 Å². The summed E-state index contributed by atoms with van der Waals surface area (Å²) in [5.41, 5.74) is -1.60. The van der Waals surface area contributed by atoms with Crippen LogP contribution in [0.4, 0.5) is 5.69 Å². The lowest BCUT2D eigenvalue weighted by Gasteiger charge is -2.37. The second-order valence-electron chi connectivity index (χ2n) is 11.6. The van der Waals surface area contributed by atoms with Crippen LogP contribution in [0.3, 0.4) is 0 Å². The fourth-order valence-corrected chi connectivity index (χ4v) is 7.08. The highest BCUT2D eigenvalue weighted by Crippen LogP contribution is 2.57. The monoisotopic (exact) mass is 565 g/mol. The van der Waals surface area contributed by atoms with Crippen LogP contribution in [-0.2, 0) is 19.1 Å². The predicted molar refractivity (Wildman–Crippen MR) is 155 cm³/mol. The summed E-state index contributed by atoms with van der Waals surface area (Å²) in [5.74, 6) is -1.49. The van der Waals surface area contributed by atoms with Crippen molar-refractivity contribution in [1.82, 2.24) is 9.80 Å². The third kappa shape index (κ3) is 5.07. The molecule has 9 heteroatoms. The number of fused-ring (bicyclic) bond motifs is 2. The summed E-state index contributed by atoms with van der Waals surface area (Å²) in [4.78, 5) is 48.1. The van der Waals surface area contributed by atoms with Gasteiger partial charge >= 0.3 is 0 Å². The van der Waals surface area contributed by atoms with Gasteiger partial charge < -0.3 is 29.3 Å². The van der Waals surface area contributed by atoms with Gasteiger partial charge in [-0.15, -0.1) is 0 Å². The largest absolute Gasteiger partial charge is 0.494 e. The highest BCUT2D eigenvalue weighted by molar-refractivity contribution is 6.04. The molecular formula is C32H43N3O6. The van der Waals surface area contributed by atoms with Crippen LogP contribution in [-0.4, -0.2) is 89.3 Å². The molecule has 0 aromatic heterocycles. The number of hydrogen-bond acceptors (Lipinski definition) is 6. The second-order valence-corrected chi connectivity index (χ2v) is 11.6. The van der Waals surface area contributed by atoms with E-state index in [2.05, 4.69) is 6.92 Å². The van der Waals surface area contributed by atoms with Gasteiger partial charge in [-0.1, -0.05) is 44.1 Å². The zero-order valence-electron chi connectivity index (χ0n) is 24.5. The Morgan fingerprint density at radius 3 is 2.34 bits per heavy atom. The van der Waals surface area contributed by atoms with Gasteiger partial charge in [0.25, 0.3) is 0 Å². The minimum Gasteiger partial charge on any atom is -0.494 e. The molecule has 1 unspecified atom stereocenters. The number of aliphatic hydroxyl groups excluding tert-OH is 1. The molecule has 4 aliphatic rings. The Hall–Kier alpha value is -3.17. The van der Waals surface area contributed by atoms with E-state index in [4.69, 9.17) is 9.47 Å². The highest BCUT2D eigenvalue weighted by Gasteiger charge is 2.74. The number of hydrogen-bond donors (Lipinski definition) is 1. The second kappa shape index (κ2) is 12.0. The van der Waals surface area contributed by atoms with E-state index >= 15 is 0 Å². The standard InChI is InChI=1S/C32H43N3O6/c1-4-6-7-18-33-19-11-17-32-26(29(38)35(20-8-9-22-36)27(32)30(33)39)25-28(37)34(21-10-16-31(25,3)41-32)23-12-14-24(15-13-23)40-5-2/h10-17,25-27,36H,4-9,18-22H2,1-3H3/t25-,26+,27?,31+,32+/m1/s1. The maximum Gasteiger partial charge on any atom is 0.249 e. The molecule has 4 heterocycles. The Labute approximate surface area is 242 Å². The molecule has 2 saturated heterocycles. The van der Waals surface area contributed by atoms with Crippen LogP contribution in [0, 0.1) is 11.8 Å². The maximum absolute atomic E-state index is 14.4. The van der Waals surface area contributed by atoms with Crippen LogP contribution >= 0.6 is 0 Å². The first kappa shape index (κ1) is 29.3. The molecule has 9 nitrogen and oxygen atoms in total. The Morgan fingerprint density at radius 2 is 1.63 bits per heavy atom. The normalized spacial score (nSPS) is 30.8. The summed E-state index contributed by atoms with van der Waals surface area (Å²) < 4.78 is 12.5. The number of unbranched alkanes of at least 4 members (excludes halogenated alkanes) is 3. The zero-order chi connectivity index (χ0) is 29.2. The van der Waals surface area contributed by atoms with E-state index in [-0.39, 0.29) is 24.3 Å². The molecule has 1 aromatic rings. The SMILES string of the molecule is CCCCCN1CC=C[C@]23O[C@@]4(C)C=CCN(c5ccc(OCC)cc5)C(=O)[C@H]4[C@H]2C(=O)N(CCCCO)C3C1=O. The summed E-state index contributed by atoms with van der Waals surface area (Å²) >= 11 is 0. The number of benzene rings is 1. The third-order valence-electron chi connectivity index (χ3n) is 8.94. The average molecular weight is 566 g/mol. The van der Waals surface area contributed by atoms with Crippen molar-refractivity contribution in [2.24, 2.45) is 11.8 Å². The Morgan fingerprint density at radius 1 is 0.902 bits per heavy atom. The van der Waals surface area contributed by atoms with Crippen LogP contribution in [0.1, 0.15) is 52.9 Å². The van der Waals surface area contributed by atoms with Crippen LogP contribution < -0.4 is 9.64 Å². The first-order chi connectivity index (χ1) is 19.8. The summed E-state index contributed by atoms with van der Waals surface area (Å²) in [5, 5.41) is 9.42. The summed E-state index contributed by atoms with van der Waals surface area (Å²) in [6.07, 6.45) is 11.7. The molecule has 0 radical (unpaired) electrons. The third-order valence-corrected chi connectivity index (χ3v) is 8.94. The van der Waals surface area contributed by atoms with Crippen molar-refractivity contribution in [2.45, 2.75) is 70.1 Å². The van der Waals surface area contributed by atoms with E-state index < -0.39 is 29.1 Å². The fraction of sp³-hybridized carbons (Fsp3) is 0.594. The molecule has 0 aliphatic carbocycles. The molecule has 1 N–H and O–H groups in total. The van der Waals surface area contributed by atoms with E-state index in [0.717, 1.165) is 25.0 Å². The molecule has 0 saturated carbocycles. The van der Waals surface area contributed by atoms with Gasteiger partial charge in [-0.25, -0.2) is 0 Å². The number of carbonyl (C=O) groups excluding carboxylic acids is 3. The van der Waals surface area contributed by atoms with Crippen LogP contribution in [0.5, 0.6) is 5.75 Å². The van der Waals surface area contributed by atoms with Crippen molar-refractivity contribution in [2.75, 3.05) is 44.3 Å². The lowest BCUT2D eigenvalue weighted by Crippen LogP contribution is -2.56. The van der Waals surface area contributed by atoms with Crippen LogP contribution in [0.15, 0.2) is 48.6 Å². The van der Waals surface area contributed by atoms with Gasteiger partial charge in [0, 0.05) is 38.5 Å². The molecule has 0 bridgehead atoms. The van der Waals surface area contributed by atoms with E-state index in [0.29, 0.717) is 51.3 Å². The lowest BCUT2D eigenvalue weighted by molar-refractivity contribution is -0.151. The van der Waals surface area contributed by atoms with E-state index in [1.807, 2.05) is 67.3 Å². The molecular weight excluding hydrogens is 522 g/mol. The minimum absolute atomic E-state index is 0.00971. The molecule has 5 rings (SSSR count). The van der Waals surface area contributed by atoms with Gasteiger partial charge in [0.1, 0.15) is 17.4 Å². The Kier molecular flexibility index (Phi) is 8.57. The van der Waals surface area contributed by atoms with E-state index in [1.165, 1.54) is 0 Å². The minimum atomic E-state index is -1.26. The predicted octanol–water partition coefficient (Wildman–Crippen LogP) is 3.32. The number of ether oxygens (including phenoxy) is 2. The van der Waals surface area contributed by atoms with Crippen molar-refractivity contribution < 1.29 is 29.0 Å². The molecule has 1 spiro atoms. The fourth-order valence-electron chi connectivity index (χ4n) is 7.08. The van der Waals surface area contributed by atoms with Crippen molar-refractivity contribution in [1.29, 1.82) is 0 Å². The first-order valence-electron chi connectivity index (χ1n) is 15.1. The number of carbonyl (C=O) groups is 3.